The Morgan fingerprint density at radius 1 is 1.39 bits per heavy atom. The third kappa shape index (κ3) is 3.70. The molecule has 1 aliphatic carbocycles. The van der Waals surface area contributed by atoms with Crippen LogP contribution in [0.15, 0.2) is 28.7 Å². The van der Waals surface area contributed by atoms with Crippen molar-refractivity contribution in [3.05, 3.63) is 34.3 Å². The Morgan fingerprint density at radius 2 is 1.94 bits per heavy atom. The molecule has 0 unspecified atom stereocenters. The summed E-state index contributed by atoms with van der Waals surface area (Å²) in [5, 5.41) is 0. The molecule has 3 nitrogen and oxygen atoms in total. The Bertz CT molecular complexity index is 418. The molecule has 1 amide bonds. The Labute approximate surface area is 122 Å². The van der Waals surface area contributed by atoms with Gasteiger partial charge in [-0.05, 0) is 37.0 Å². The Balaban J connectivity index is 0.00000162. The molecule has 0 aliphatic heterocycles. The first-order chi connectivity index (χ1) is 8.01. The number of hydrogen-bond donors (Lipinski definition) is 1. The predicted molar refractivity (Wildman–Crippen MR) is 78.9 cm³/mol. The number of nitrogens with zero attached hydrogens (tertiary/aromatic N) is 1. The third-order valence-corrected chi connectivity index (χ3v) is 3.74. The second-order valence-corrected chi connectivity index (χ2v) is 5.67. The molecule has 1 aliphatic rings. The lowest BCUT2D eigenvalue weighted by atomic mass is 10.1. The number of carbonyl (C=O) groups is 1. The second-order valence-electron chi connectivity index (χ2n) is 4.76. The van der Waals surface area contributed by atoms with Crippen molar-refractivity contribution in [2.75, 3.05) is 13.6 Å². The number of likely N-dealkylation sites (N-methyl/N-ethyl adjacent to an activating group) is 1. The quantitative estimate of drug-likeness (QED) is 0.919. The van der Waals surface area contributed by atoms with Crippen molar-refractivity contribution in [3.63, 3.8) is 0 Å². The van der Waals surface area contributed by atoms with Crippen molar-refractivity contribution in [2.24, 2.45) is 5.73 Å². The molecule has 1 aromatic rings. The maximum atomic E-state index is 11.9. The highest BCUT2D eigenvalue weighted by molar-refractivity contribution is 9.10. The van der Waals surface area contributed by atoms with Gasteiger partial charge in [-0.15, -0.1) is 12.4 Å². The summed E-state index contributed by atoms with van der Waals surface area (Å²) in [7, 11) is 1.83. The lowest BCUT2D eigenvalue weighted by molar-refractivity contribution is -0.132. The van der Waals surface area contributed by atoms with Gasteiger partial charge in [0.05, 0.1) is 5.54 Å². The van der Waals surface area contributed by atoms with Crippen molar-refractivity contribution in [2.45, 2.75) is 24.8 Å². The normalized spacial score (nSPS) is 15.7. The highest BCUT2D eigenvalue weighted by atomic mass is 79.9. The molecular weight excluding hydrogens is 316 g/mol. The first-order valence-corrected chi connectivity index (χ1v) is 6.59. The van der Waals surface area contributed by atoms with Crippen molar-refractivity contribution in [1.29, 1.82) is 0 Å². The van der Waals surface area contributed by atoms with Crippen LogP contribution in [0.4, 0.5) is 0 Å². The van der Waals surface area contributed by atoms with Gasteiger partial charge in [-0.25, -0.2) is 0 Å². The molecule has 5 heteroatoms. The lowest BCUT2D eigenvalue weighted by Gasteiger charge is -2.20. The summed E-state index contributed by atoms with van der Waals surface area (Å²) in [6.45, 7) is 0.722. The van der Waals surface area contributed by atoms with E-state index in [1.165, 1.54) is 5.56 Å². The zero-order valence-electron chi connectivity index (χ0n) is 10.4. The van der Waals surface area contributed by atoms with Gasteiger partial charge in [0.15, 0.2) is 0 Å². The van der Waals surface area contributed by atoms with Crippen LogP contribution in [0.25, 0.3) is 0 Å². The molecule has 1 fully saturated rings. The van der Waals surface area contributed by atoms with E-state index >= 15 is 0 Å². The van der Waals surface area contributed by atoms with Crippen LogP contribution in [0, 0.1) is 0 Å². The standard InChI is InChI=1S/C13H17BrN2O.ClH/c1-16(12(17)13(15)7-8-13)9-6-10-2-4-11(14)5-3-10;/h2-5H,6-9,15H2,1H3;1H. The van der Waals surface area contributed by atoms with Crippen molar-refractivity contribution < 1.29 is 4.79 Å². The van der Waals surface area contributed by atoms with Gasteiger partial charge < -0.3 is 10.6 Å². The van der Waals surface area contributed by atoms with Gasteiger partial charge in [-0.1, -0.05) is 28.1 Å². The summed E-state index contributed by atoms with van der Waals surface area (Å²) in [4.78, 5) is 13.6. The minimum absolute atomic E-state index is 0. The van der Waals surface area contributed by atoms with E-state index in [9.17, 15) is 4.79 Å². The van der Waals surface area contributed by atoms with Crippen LogP contribution in [0.5, 0.6) is 0 Å². The summed E-state index contributed by atoms with van der Waals surface area (Å²) >= 11 is 3.40. The third-order valence-electron chi connectivity index (χ3n) is 3.21. The van der Waals surface area contributed by atoms with E-state index < -0.39 is 5.54 Å². The van der Waals surface area contributed by atoms with E-state index in [0.29, 0.717) is 0 Å². The van der Waals surface area contributed by atoms with Crippen LogP contribution in [0.1, 0.15) is 18.4 Å². The molecule has 2 rings (SSSR count). The van der Waals surface area contributed by atoms with Crippen LogP contribution in [-0.4, -0.2) is 29.9 Å². The number of nitrogens with two attached hydrogens (primary N) is 1. The Kier molecular flexibility index (Phi) is 5.20. The monoisotopic (exact) mass is 332 g/mol. The second kappa shape index (κ2) is 6.04. The highest BCUT2D eigenvalue weighted by Gasteiger charge is 2.47. The van der Waals surface area contributed by atoms with Crippen molar-refractivity contribution >= 4 is 34.2 Å². The van der Waals surface area contributed by atoms with E-state index in [0.717, 1.165) is 30.3 Å². The van der Waals surface area contributed by atoms with Crippen LogP contribution < -0.4 is 5.73 Å². The molecule has 1 saturated carbocycles. The van der Waals surface area contributed by atoms with Crippen LogP contribution in [0.2, 0.25) is 0 Å². The molecular formula is C13H18BrClN2O. The minimum Gasteiger partial charge on any atom is -0.344 e. The summed E-state index contributed by atoms with van der Waals surface area (Å²) in [6, 6.07) is 8.17. The average Bonchev–Trinajstić information content (AvgIpc) is 3.06. The zero-order chi connectivity index (χ0) is 12.5. The fourth-order valence-electron chi connectivity index (χ4n) is 1.78. The smallest absolute Gasteiger partial charge is 0.242 e. The van der Waals surface area contributed by atoms with E-state index in [-0.39, 0.29) is 18.3 Å². The van der Waals surface area contributed by atoms with Crippen molar-refractivity contribution in [1.82, 2.24) is 4.90 Å². The molecule has 18 heavy (non-hydrogen) atoms. The number of halogens is 2. The maximum absolute atomic E-state index is 11.9. The largest absolute Gasteiger partial charge is 0.344 e. The fourth-order valence-corrected chi connectivity index (χ4v) is 2.04. The van der Waals surface area contributed by atoms with Crippen molar-refractivity contribution in [3.8, 4) is 0 Å². The zero-order valence-corrected chi connectivity index (χ0v) is 12.8. The van der Waals surface area contributed by atoms with Crippen LogP contribution in [0.3, 0.4) is 0 Å². The summed E-state index contributed by atoms with van der Waals surface area (Å²) < 4.78 is 1.07. The van der Waals surface area contributed by atoms with E-state index in [2.05, 4.69) is 28.1 Å². The highest BCUT2D eigenvalue weighted by Crippen LogP contribution is 2.33. The molecule has 2 N–H and O–H groups in total. The summed E-state index contributed by atoms with van der Waals surface area (Å²) in [5.41, 5.74) is 6.57. The van der Waals surface area contributed by atoms with Gasteiger partial charge in [0.1, 0.15) is 0 Å². The molecule has 0 atom stereocenters. The molecule has 0 heterocycles. The number of benzene rings is 1. The first kappa shape index (κ1) is 15.5. The molecule has 0 spiro atoms. The minimum atomic E-state index is -0.547. The molecule has 100 valence electrons. The van der Waals surface area contributed by atoms with Crippen LogP contribution in [-0.2, 0) is 11.2 Å². The Hall–Kier alpha value is -0.580. The van der Waals surface area contributed by atoms with E-state index in [1.54, 1.807) is 4.90 Å². The SMILES string of the molecule is CN(CCc1ccc(Br)cc1)C(=O)C1(N)CC1.Cl. The Morgan fingerprint density at radius 3 is 2.44 bits per heavy atom. The number of rotatable bonds is 4. The van der Waals surface area contributed by atoms with Gasteiger partial charge in [0, 0.05) is 18.1 Å². The van der Waals surface area contributed by atoms with E-state index in [1.807, 2.05) is 19.2 Å². The lowest BCUT2D eigenvalue weighted by Crippen LogP contribution is -2.44. The fraction of sp³-hybridized carbons (Fsp3) is 0.462. The molecule has 0 radical (unpaired) electrons. The molecule has 0 bridgehead atoms. The maximum Gasteiger partial charge on any atom is 0.242 e. The van der Waals surface area contributed by atoms with Gasteiger partial charge in [-0.2, -0.15) is 0 Å². The summed E-state index contributed by atoms with van der Waals surface area (Å²) in [5.74, 6) is 0.0783. The van der Waals surface area contributed by atoms with Gasteiger partial charge >= 0.3 is 0 Å². The number of carbonyl (C=O) groups excluding carboxylic acids is 1. The first-order valence-electron chi connectivity index (χ1n) is 5.80. The average molecular weight is 334 g/mol. The van der Waals surface area contributed by atoms with Gasteiger partial charge in [0.25, 0.3) is 0 Å². The van der Waals surface area contributed by atoms with E-state index in [4.69, 9.17) is 5.73 Å². The van der Waals surface area contributed by atoms with Gasteiger partial charge in [0.2, 0.25) is 5.91 Å². The topological polar surface area (TPSA) is 46.3 Å². The summed E-state index contributed by atoms with van der Waals surface area (Å²) in [6.07, 6.45) is 2.52. The predicted octanol–water partition coefficient (Wildman–Crippen LogP) is 2.36. The molecule has 1 aromatic carbocycles. The number of hydrogen-bond acceptors (Lipinski definition) is 2. The number of amides is 1. The molecule has 0 aromatic heterocycles. The molecule has 0 saturated heterocycles. The van der Waals surface area contributed by atoms with Gasteiger partial charge in [-0.3, -0.25) is 4.79 Å². The van der Waals surface area contributed by atoms with Crippen LogP contribution >= 0.6 is 28.3 Å².